The van der Waals surface area contributed by atoms with E-state index in [1.165, 1.54) is 41.3 Å². The number of nitrogens with one attached hydrogen (secondary N) is 3. The van der Waals surface area contributed by atoms with E-state index in [0.29, 0.717) is 23.4 Å². The van der Waals surface area contributed by atoms with Gasteiger partial charge in [-0.3, -0.25) is 14.4 Å². The van der Waals surface area contributed by atoms with Crippen molar-refractivity contribution in [3.63, 3.8) is 0 Å². The van der Waals surface area contributed by atoms with E-state index >= 15 is 0 Å². The van der Waals surface area contributed by atoms with Gasteiger partial charge in [-0.1, -0.05) is 12.1 Å². The first-order chi connectivity index (χ1) is 19.5. The Hall–Kier alpha value is -3.70. The first-order valence-corrected chi connectivity index (χ1v) is 14.0. The molecule has 0 radical (unpaired) electrons. The van der Waals surface area contributed by atoms with Crippen molar-refractivity contribution >= 4 is 17.7 Å². The predicted molar refractivity (Wildman–Crippen MR) is 150 cm³/mol. The summed E-state index contributed by atoms with van der Waals surface area (Å²) in [6.07, 6.45) is 0.595. The molecule has 0 bridgehead atoms. The third-order valence-corrected chi connectivity index (χ3v) is 7.62. The third-order valence-electron chi connectivity index (χ3n) is 7.62. The summed E-state index contributed by atoms with van der Waals surface area (Å²) in [4.78, 5) is 41.4. The normalized spacial score (nSPS) is 27.1. The molecule has 3 amide bonds. The summed E-state index contributed by atoms with van der Waals surface area (Å²) in [6, 6.07) is 7.82. The Kier molecular flexibility index (Phi) is 9.82. The van der Waals surface area contributed by atoms with Crippen molar-refractivity contribution in [3.8, 4) is 11.5 Å². The Balaban J connectivity index is 1.61. The number of carbonyl (C=O) groups is 3. The van der Waals surface area contributed by atoms with Crippen LogP contribution < -0.4 is 20.7 Å². The average molecular weight is 571 g/mol. The molecule has 41 heavy (non-hydrogen) atoms. The zero-order chi connectivity index (χ0) is 29.7. The zero-order valence-corrected chi connectivity index (χ0v) is 23.6. The first kappa shape index (κ1) is 30.3. The molecule has 0 saturated heterocycles. The Labute approximate surface area is 239 Å². The molecule has 0 aromatic heterocycles. The fraction of sp³-hybridized carbons (Fsp3) is 0.500. The number of β-amino-alcohol motifs (C(OH)–C–C–N with tert-alkyl or cyclic N) is 1. The molecule has 1 fully saturated rings. The highest BCUT2D eigenvalue weighted by molar-refractivity contribution is 5.93. The van der Waals surface area contributed by atoms with E-state index in [1.807, 2.05) is 6.92 Å². The highest BCUT2D eigenvalue weighted by atomic mass is 19.1. The molecule has 11 heteroatoms. The lowest BCUT2D eigenvalue weighted by Gasteiger charge is -2.31. The molecule has 1 aliphatic heterocycles. The van der Waals surface area contributed by atoms with E-state index < -0.39 is 41.9 Å². The van der Waals surface area contributed by atoms with E-state index in [2.05, 4.69) is 16.0 Å². The second-order valence-electron chi connectivity index (χ2n) is 11.1. The van der Waals surface area contributed by atoms with Gasteiger partial charge in [0, 0.05) is 38.5 Å². The number of phenols is 1. The number of amides is 3. The standard InChI is InChI=1S/C30H39FN4O6/c1-17-15-32-27(20-6-7-20)30(40)35(3)18(2)28(38)34-25(12-19-4-8-22(31)9-5-19)29(39)33-16-24(37)14-21-13-23(36)10-11-26(21)41-17/h4-5,8-11,13,17-18,20,24-25,27,32,36-37H,6-7,12,14-16H2,1-3H3,(H,33,39)(H,34,38)/t17-,18-,24?,25-,27+/m1/s1. The highest BCUT2D eigenvalue weighted by Gasteiger charge is 2.39. The molecule has 2 aliphatic rings. The maximum absolute atomic E-state index is 13.5. The van der Waals surface area contributed by atoms with E-state index in [9.17, 15) is 29.0 Å². The number of ether oxygens (including phenoxy) is 1. The van der Waals surface area contributed by atoms with Crippen molar-refractivity contribution in [2.45, 2.75) is 69.9 Å². The quantitative estimate of drug-likeness (QED) is 0.375. The van der Waals surface area contributed by atoms with Gasteiger partial charge < -0.3 is 35.8 Å². The largest absolute Gasteiger partial charge is 0.508 e. The summed E-state index contributed by atoms with van der Waals surface area (Å²) in [5, 5.41) is 29.5. The van der Waals surface area contributed by atoms with E-state index in [0.717, 1.165) is 12.8 Å². The number of hydrogen-bond donors (Lipinski definition) is 5. The van der Waals surface area contributed by atoms with E-state index in [1.54, 1.807) is 20.0 Å². The molecule has 0 spiro atoms. The van der Waals surface area contributed by atoms with Crippen LogP contribution in [-0.4, -0.2) is 83.3 Å². The molecule has 2 aromatic rings. The van der Waals surface area contributed by atoms with Crippen molar-refractivity contribution in [2.75, 3.05) is 20.1 Å². The van der Waals surface area contributed by atoms with Crippen molar-refractivity contribution < 1.29 is 33.7 Å². The van der Waals surface area contributed by atoms with Crippen LogP contribution in [0.5, 0.6) is 11.5 Å². The fourth-order valence-electron chi connectivity index (χ4n) is 4.89. The summed E-state index contributed by atoms with van der Waals surface area (Å²) in [5.74, 6) is -1.07. The predicted octanol–water partition coefficient (Wildman–Crippen LogP) is 1.27. The number of nitrogens with zero attached hydrogens (tertiary/aromatic N) is 1. The number of aliphatic hydroxyl groups is 1. The van der Waals surface area contributed by atoms with Crippen LogP contribution in [0.25, 0.3) is 0 Å². The smallest absolute Gasteiger partial charge is 0.243 e. The van der Waals surface area contributed by atoms with Crippen molar-refractivity contribution in [1.82, 2.24) is 20.9 Å². The molecular formula is C30H39FN4O6. The summed E-state index contributed by atoms with van der Waals surface area (Å²) in [6.45, 7) is 3.69. The van der Waals surface area contributed by atoms with Gasteiger partial charge in [0.1, 0.15) is 35.5 Å². The van der Waals surface area contributed by atoms with Crippen LogP contribution in [0, 0.1) is 11.7 Å². The lowest BCUT2D eigenvalue weighted by molar-refractivity contribution is -0.141. The highest BCUT2D eigenvalue weighted by Crippen LogP contribution is 2.34. The van der Waals surface area contributed by atoms with Gasteiger partial charge >= 0.3 is 0 Å². The Morgan fingerprint density at radius 3 is 2.41 bits per heavy atom. The Bertz CT molecular complexity index is 1240. The second kappa shape index (κ2) is 13.3. The average Bonchev–Trinajstić information content (AvgIpc) is 3.78. The van der Waals surface area contributed by atoms with Gasteiger partial charge in [0.15, 0.2) is 0 Å². The monoisotopic (exact) mass is 570 g/mol. The van der Waals surface area contributed by atoms with E-state index in [-0.39, 0.29) is 43.1 Å². The molecule has 1 unspecified atom stereocenters. The molecule has 5 N–H and O–H groups in total. The maximum atomic E-state index is 13.5. The van der Waals surface area contributed by atoms with Gasteiger partial charge in [0.2, 0.25) is 17.7 Å². The van der Waals surface area contributed by atoms with Crippen LogP contribution in [0.3, 0.4) is 0 Å². The van der Waals surface area contributed by atoms with Gasteiger partial charge in [-0.2, -0.15) is 0 Å². The molecular weight excluding hydrogens is 531 g/mol. The van der Waals surface area contributed by atoms with Gasteiger partial charge in [-0.05, 0) is 68.5 Å². The molecule has 10 nitrogen and oxygen atoms in total. The first-order valence-electron chi connectivity index (χ1n) is 14.0. The topological polar surface area (TPSA) is 140 Å². The number of phenolic OH excluding ortho intramolecular Hbond substituents is 1. The molecule has 1 aliphatic carbocycles. The van der Waals surface area contributed by atoms with Gasteiger partial charge in [0.25, 0.3) is 0 Å². The second-order valence-corrected chi connectivity index (χ2v) is 11.1. The number of halogens is 1. The summed E-state index contributed by atoms with van der Waals surface area (Å²) in [5.41, 5.74) is 1.18. The number of aliphatic hydroxyl groups excluding tert-OH is 1. The van der Waals surface area contributed by atoms with Crippen molar-refractivity contribution in [2.24, 2.45) is 5.92 Å². The minimum atomic E-state index is -1.04. The van der Waals surface area contributed by atoms with Gasteiger partial charge in [-0.25, -0.2) is 4.39 Å². The molecule has 1 saturated carbocycles. The minimum absolute atomic E-state index is 0.00938. The SMILES string of the molecule is C[C@@H]1CN[C@@H](C2CC2)C(=O)N(C)[C@H](C)C(=O)N[C@H](Cc2ccc(F)cc2)C(=O)NCC(O)Cc2cc(O)ccc2O1. The third kappa shape index (κ3) is 8.17. The number of hydrogen-bond acceptors (Lipinski definition) is 7. The molecule has 222 valence electrons. The van der Waals surface area contributed by atoms with Crippen LogP contribution in [0.4, 0.5) is 4.39 Å². The van der Waals surface area contributed by atoms with Crippen LogP contribution in [0.2, 0.25) is 0 Å². The number of likely N-dealkylation sites (N-methyl/N-ethyl adjacent to an activating group) is 1. The number of benzene rings is 2. The van der Waals surface area contributed by atoms with Gasteiger partial charge in [-0.15, -0.1) is 0 Å². The maximum Gasteiger partial charge on any atom is 0.243 e. The fourth-order valence-corrected chi connectivity index (χ4v) is 4.89. The molecule has 1 heterocycles. The summed E-state index contributed by atoms with van der Waals surface area (Å²) < 4.78 is 19.6. The molecule has 2 aromatic carbocycles. The van der Waals surface area contributed by atoms with Crippen molar-refractivity contribution in [1.29, 1.82) is 0 Å². The van der Waals surface area contributed by atoms with Crippen LogP contribution >= 0.6 is 0 Å². The van der Waals surface area contributed by atoms with Gasteiger partial charge in [0.05, 0.1) is 12.1 Å². The minimum Gasteiger partial charge on any atom is -0.508 e. The Morgan fingerprint density at radius 1 is 1.02 bits per heavy atom. The van der Waals surface area contributed by atoms with Crippen molar-refractivity contribution in [3.05, 3.63) is 59.4 Å². The molecule has 4 rings (SSSR count). The van der Waals surface area contributed by atoms with Crippen LogP contribution in [-0.2, 0) is 27.2 Å². The number of carbonyl (C=O) groups excluding carboxylic acids is 3. The molecule has 5 atom stereocenters. The summed E-state index contributed by atoms with van der Waals surface area (Å²) >= 11 is 0. The van der Waals surface area contributed by atoms with E-state index in [4.69, 9.17) is 4.74 Å². The zero-order valence-electron chi connectivity index (χ0n) is 23.6. The summed E-state index contributed by atoms with van der Waals surface area (Å²) in [7, 11) is 1.57. The number of rotatable bonds is 3. The Morgan fingerprint density at radius 2 is 1.73 bits per heavy atom. The van der Waals surface area contributed by atoms with Crippen LogP contribution in [0.15, 0.2) is 42.5 Å². The lowest BCUT2D eigenvalue weighted by atomic mass is 10.0. The lowest BCUT2D eigenvalue weighted by Crippen LogP contribution is -2.57. The number of fused-ring (bicyclic) bond motifs is 1. The number of aromatic hydroxyl groups is 1. The van der Waals surface area contributed by atoms with Crippen LogP contribution in [0.1, 0.15) is 37.8 Å².